The number of rotatable bonds is 3. The number of carbonyl (C=O) groups is 1. The van der Waals surface area contributed by atoms with Crippen molar-refractivity contribution in [3.8, 4) is 0 Å². The molecule has 0 saturated carbocycles. The fourth-order valence-corrected chi connectivity index (χ4v) is 2.14. The largest absolute Gasteiger partial charge is 0.271 e. The van der Waals surface area contributed by atoms with Crippen molar-refractivity contribution >= 4 is 34.6 Å². The van der Waals surface area contributed by atoms with E-state index < -0.39 is 0 Å². The van der Waals surface area contributed by atoms with Gasteiger partial charge in [0.1, 0.15) is 0 Å². The van der Waals surface area contributed by atoms with Crippen molar-refractivity contribution in [2.45, 2.75) is 6.92 Å². The van der Waals surface area contributed by atoms with E-state index in [1.165, 1.54) is 0 Å². The summed E-state index contributed by atoms with van der Waals surface area (Å²) in [4.78, 5) is 12.8. The van der Waals surface area contributed by atoms with Crippen molar-refractivity contribution < 1.29 is 4.79 Å². The Kier molecular flexibility index (Phi) is 4.12. The topological polar surface area (TPSA) is 41.5 Å². The summed E-state index contributed by atoms with van der Waals surface area (Å²) < 4.78 is 0. The van der Waals surface area contributed by atoms with E-state index in [0.717, 1.165) is 10.6 Å². The SMILES string of the molecule is C/C(=N/NC(=O)c1ccc(Cl)cc1)c1cccs1. The molecule has 0 aliphatic heterocycles. The Morgan fingerprint density at radius 1 is 1.28 bits per heavy atom. The van der Waals surface area contributed by atoms with Gasteiger partial charge in [0.25, 0.3) is 5.91 Å². The van der Waals surface area contributed by atoms with E-state index in [9.17, 15) is 4.79 Å². The summed E-state index contributed by atoms with van der Waals surface area (Å²) >= 11 is 7.33. The number of nitrogens with zero attached hydrogens (tertiary/aromatic N) is 1. The van der Waals surface area contributed by atoms with Crippen LogP contribution in [0.4, 0.5) is 0 Å². The Hall–Kier alpha value is -1.65. The monoisotopic (exact) mass is 278 g/mol. The summed E-state index contributed by atoms with van der Waals surface area (Å²) in [5, 5.41) is 6.63. The molecule has 0 unspecified atom stereocenters. The van der Waals surface area contributed by atoms with Crippen molar-refractivity contribution in [3.63, 3.8) is 0 Å². The minimum absolute atomic E-state index is 0.248. The average molecular weight is 279 g/mol. The average Bonchev–Trinajstić information content (AvgIpc) is 2.90. The second-order valence-electron chi connectivity index (χ2n) is 3.62. The van der Waals surface area contributed by atoms with Crippen molar-refractivity contribution in [2.24, 2.45) is 5.10 Å². The maximum atomic E-state index is 11.8. The molecule has 1 heterocycles. The molecular formula is C13H11ClN2OS. The van der Waals surface area contributed by atoms with Gasteiger partial charge in [-0.1, -0.05) is 17.7 Å². The molecule has 1 amide bonds. The maximum absolute atomic E-state index is 11.8. The quantitative estimate of drug-likeness (QED) is 0.677. The lowest BCUT2D eigenvalue weighted by Gasteiger charge is -2.01. The van der Waals surface area contributed by atoms with Crippen molar-refractivity contribution in [3.05, 3.63) is 57.2 Å². The molecule has 3 nitrogen and oxygen atoms in total. The van der Waals surface area contributed by atoms with Gasteiger partial charge in [0.15, 0.2) is 0 Å². The maximum Gasteiger partial charge on any atom is 0.271 e. The third kappa shape index (κ3) is 3.18. The lowest BCUT2D eigenvalue weighted by molar-refractivity contribution is 0.0955. The molecule has 1 N–H and O–H groups in total. The summed E-state index contributed by atoms with van der Waals surface area (Å²) in [6, 6.07) is 10.6. The van der Waals surface area contributed by atoms with Crippen LogP contribution in [0, 0.1) is 0 Å². The van der Waals surface area contributed by atoms with Gasteiger partial charge in [-0.3, -0.25) is 4.79 Å². The van der Waals surface area contributed by atoms with Gasteiger partial charge in [-0.25, -0.2) is 5.43 Å². The highest BCUT2D eigenvalue weighted by Crippen LogP contribution is 2.10. The van der Waals surface area contributed by atoms with E-state index in [1.54, 1.807) is 35.6 Å². The van der Waals surface area contributed by atoms with E-state index in [1.807, 2.05) is 24.4 Å². The molecule has 2 rings (SSSR count). The van der Waals surface area contributed by atoms with E-state index in [-0.39, 0.29) is 5.91 Å². The van der Waals surface area contributed by atoms with E-state index in [0.29, 0.717) is 10.6 Å². The van der Waals surface area contributed by atoms with Crippen molar-refractivity contribution in [1.82, 2.24) is 5.43 Å². The third-order valence-corrected chi connectivity index (χ3v) is 3.54. The number of amides is 1. The number of hydrazone groups is 1. The third-order valence-electron chi connectivity index (χ3n) is 2.31. The van der Waals surface area contributed by atoms with Crippen molar-refractivity contribution in [1.29, 1.82) is 0 Å². The van der Waals surface area contributed by atoms with E-state index in [4.69, 9.17) is 11.6 Å². The van der Waals surface area contributed by atoms with Crippen LogP contribution in [0.5, 0.6) is 0 Å². The van der Waals surface area contributed by atoms with Crippen LogP contribution < -0.4 is 5.43 Å². The Morgan fingerprint density at radius 2 is 2.00 bits per heavy atom. The molecule has 1 aromatic carbocycles. The molecular weight excluding hydrogens is 268 g/mol. The van der Waals surface area contributed by atoms with Gasteiger partial charge in [0, 0.05) is 15.5 Å². The molecule has 2 aromatic rings. The molecule has 0 atom stereocenters. The summed E-state index contributed by atoms with van der Waals surface area (Å²) in [5.74, 6) is -0.248. The minimum atomic E-state index is -0.248. The normalized spacial score (nSPS) is 11.3. The Labute approximate surface area is 114 Å². The highest BCUT2D eigenvalue weighted by Gasteiger charge is 2.04. The van der Waals surface area contributed by atoms with Crippen molar-refractivity contribution in [2.75, 3.05) is 0 Å². The number of hydrogen-bond donors (Lipinski definition) is 1. The molecule has 0 aliphatic rings. The van der Waals surface area contributed by atoms with Gasteiger partial charge in [-0.2, -0.15) is 5.10 Å². The van der Waals surface area contributed by atoms with Crippen LogP contribution in [0.1, 0.15) is 22.2 Å². The van der Waals surface area contributed by atoms with Gasteiger partial charge < -0.3 is 0 Å². The Bertz CT molecular complexity index is 561. The highest BCUT2D eigenvalue weighted by molar-refractivity contribution is 7.12. The zero-order chi connectivity index (χ0) is 13.0. The molecule has 18 heavy (non-hydrogen) atoms. The molecule has 0 bridgehead atoms. The summed E-state index contributed by atoms with van der Waals surface area (Å²) in [5.41, 5.74) is 3.83. The molecule has 0 spiro atoms. The molecule has 0 saturated heterocycles. The summed E-state index contributed by atoms with van der Waals surface area (Å²) in [7, 11) is 0. The van der Waals surface area contributed by atoms with Crippen LogP contribution in [0.2, 0.25) is 5.02 Å². The molecule has 0 fully saturated rings. The number of nitrogens with one attached hydrogen (secondary N) is 1. The first kappa shape index (κ1) is 12.8. The summed E-state index contributed by atoms with van der Waals surface area (Å²) in [6.07, 6.45) is 0. The summed E-state index contributed by atoms with van der Waals surface area (Å²) in [6.45, 7) is 1.86. The van der Waals surface area contributed by atoms with Crippen LogP contribution in [0.25, 0.3) is 0 Å². The van der Waals surface area contributed by atoms with E-state index in [2.05, 4.69) is 10.5 Å². The van der Waals surface area contributed by atoms with E-state index >= 15 is 0 Å². The van der Waals surface area contributed by atoms with Crippen LogP contribution in [-0.2, 0) is 0 Å². The molecule has 0 radical (unpaired) electrons. The zero-order valence-electron chi connectivity index (χ0n) is 9.68. The first-order valence-corrected chi connectivity index (χ1v) is 6.56. The molecule has 92 valence electrons. The van der Waals surface area contributed by atoms with Gasteiger partial charge in [0.2, 0.25) is 0 Å². The smallest absolute Gasteiger partial charge is 0.267 e. The van der Waals surface area contributed by atoms with Crippen LogP contribution in [0.3, 0.4) is 0 Å². The first-order valence-electron chi connectivity index (χ1n) is 5.31. The predicted molar refractivity (Wildman–Crippen MR) is 75.4 cm³/mol. The number of carbonyl (C=O) groups excluding carboxylic acids is 1. The van der Waals surface area contributed by atoms with Gasteiger partial charge in [-0.15, -0.1) is 11.3 Å². The fourth-order valence-electron chi connectivity index (χ4n) is 1.34. The molecule has 5 heteroatoms. The second-order valence-corrected chi connectivity index (χ2v) is 5.01. The Balaban J connectivity index is 2.04. The van der Waals surface area contributed by atoms with Crippen LogP contribution >= 0.6 is 22.9 Å². The predicted octanol–water partition coefficient (Wildman–Crippen LogP) is 3.56. The second kappa shape index (κ2) is 5.80. The Morgan fingerprint density at radius 3 is 2.61 bits per heavy atom. The van der Waals surface area contributed by atoms with Gasteiger partial charge in [0.05, 0.1) is 5.71 Å². The van der Waals surface area contributed by atoms with Crippen LogP contribution in [0.15, 0.2) is 46.9 Å². The standard InChI is InChI=1S/C13H11ClN2OS/c1-9(12-3-2-8-18-12)15-16-13(17)10-4-6-11(14)7-5-10/h2-8H,1H3,(H,16,17)/b15-9-. The first-order chi connectivity index (χ1) is 8.66. The van der Waals surface area contributed by atoms with Gasteiger partial charge >= 0.3 is 0 Å². The number of thiophene rings is 1. The number of benzene rings is 1. The van der Waals surface area contributed by atoms with Crippen LogP contribution in [-0.4, -0.2) is 11.6 Å². The number of hydrogen-bond acceptors (Lipinski definition) is 3. The zero-order valence-corrected chi connectivity index (χ0v) is 11.3. The minimum Gasteiger partial charge on any atom is -0.267 e. The fraction of sp³-hybridized carbons (Fsp3) is 0.0769. The lowest BCUT2D eigenvalue weighted by atomic mass is 10.2. The highest BCUT2D eigenvalue weighted by atomic mass is 35.5. The molecule has 0 aliphatic carbocycles. The van der Waals surface area contributed by atoms with Gasteiger partial charge in [-0.05, 0) is 42.6 Å². The number of halogens is 1. The molecule has 1 aromatic heterocycles. The lowest BCUT2D eigenvalue weighted by Crippen LogP contribution is -2.18.